The largest absolute Gasteiger partial charge is 0.497 e. The van der Waals surface area contributed by atoms with Gasteiger partial charge in [0, 0.05) is 18.2 Å². The van der Waals surface area contributed by atoms with E-state index in [0.717, 1.165) is 30.0 Å². The van der Waals surface area contributed by atoms with E-state index in [1.165, 1.54) is 24.6 Å². The first-order valence-electron chi connectivity index (χ1n) is 8.82. The predicted octanol–water partition coefficient (Wildman–Crippen LogP) is 3.29. The first-order valence-corrected chi connectivity index (χ1v) is 9.80. The molecule has 0 atom stereocenters. The normalized spacial score (nSPS) is 14.3. The Morgan fingerprint density at radius 3 is 2.96 bits per heavy atom. The Morgan fingerprint density at radius 2 is 2.23 bits per heavy atom. The molecule has 1 N–H and O–H groups in total. The minimum absolute atomic E-state index is 0.0537. The van der Waals surface area contributed by atoms with Crippen LogP contribution in [0.5, 0.6) is 5.75 Å². The number of ether oxygens (including phenoxy) is 1. The molecule has 1 fully saturated rings. The lowest BCUT2D eigenvalue weighted by Crippen LogP contribution is -2.33. The molecule has 0 bridgehead atoms. The first kappa shape index (κ1) is 18.5. The maximum Gasteiger partial charge on any atom is 0.230 e. The number of methoxy groups -OCH3 is 1. The summed E-state index contributed by atoms with van der Waals surface area (Å²) in [6.45, 7) is 4.39. The number of amides is 1. The van der Waals surface area contributed by atoms with Gasteiger partial charge < -0.3 is 10.1 Å². The molecular formula is C19H24N4O2S. The van der Waals surface area contributed by atoms with Crippen LogP contribution in [0.25, 0.3) is 11.4 Å². The monoisotopic (exact) mass is 372 g/mol. The molecule has 0 aliphatic heterocycles. The summed E-state index contributed by atoms with van der Waals surface area (Å²) in [5, 5.41) is 12.4. The van der Waals surface area contributed by atoms with E-state index in [0.29, 0.717) is 23.5 Å². The standard InChI is InChI=1S/C19H24N4O2S/c1-3-11-23-18(14-7-6-10-16(12-14)25-2)21-22-19(23)26-13-17(24)20-15-8-4-5-9-15/h3,6-7,10,12,15H,1,4-5,8-9,11,13H2,2H3,(H,20,24). The number of hydrogen-bond donors (Lipinski definition) is 1. The highest BCUT2D eigenvalue weighted by molar-refractivity contribution is 7.99. The molecule has 1 amide bonds. The summed E-state index contributed by atoms with van der Waals surface area (Å²) in [6, 6.07) is 8.03. The zero-order chi connectivity index (χ0) is 18.4. The summed E-state index contributed by atoms with van der Waals surface area (Å²) in [7, 11) is 1.64. The van der Waals surface area contributed by atoms with Crippen molar-refractivity contribution < 1.29 is 9.53 Å². The summed E-state index contributed by atoms with van der Waals surface area (Å²) in [6.07, 6.45) is 6.38. The van der Waals surface area contributed by atoms with Crippen LogP contribution < -0.4 is 10.1 Å². The van der Waals surface area contributed by atoms with Crippen LogP contribution >= 0.6 is 11.8 Å². The topological polar surface area (TPSA) is 69.0 Å². The molecule has 1 saturated carbocycles. The van der Waals surface area contributed by atoms with Gasteiger partial charge in [0.1, 0.15) is 5.75 Å². The molecule has 1 aliphatic carbocycles. The van der Waals surface area contributed by atoms with Crippen LogP contribution in [-0.2, 0) is 11.3 Å². The lowest BCUT2D eigenvalue weighted by atomic mass is 10.2. The SMILES string of the molecule is C=CCn1c(SCC(=O)NC2CCCC2)nnc1-c1cccc(OC)c1. The van der Waals surface area contributed by atoms with Crippen molar-refractivity contribution >= 4 is 17.7 Å². The molecule has 7 heteroatoms. The zero-order valence-electron chi connectivity index (χ0n) is 15.0. The van der Waals surface area contributed by atoms with Crippen molar-refractivity contribution in [1.82, 2.24) is 20.1 Å². The second-order valence-electron chi connectivity index (χ2n) is 6.27. The van der Waals surface area contributed by atoms with Gasteiger partial charge in [0.15, 0.2) is 11.0 Å². The number of carbonyl (C=O) groups is 1. The van der Waals surface area contributed by atoms with Crippen LogP contribution in [0, 0.1) is 0 Å². The third-order valence-electron chi connectivity index (χ3n) is 4.41. The lowest BCUT2D eigenvalue weighted by molar-refractivity contribution is -0.119. The number of nitrogens with zero attached hydrogens (tertiary/aromatic N) is 3. The Morgan fingerprint density at radius 1 is 1.42 bits per heavy atom. The Kier molecular flexibility index (Phi) is 6.33. The first-order chi connectivity index (χ1) is 12.7. The lowest BCUT2D eigenvalue weighted by Gasteiger charge is -2.12. The Labute approximate surface area is 158 Å². The van der Waals surface area contributed by atoms with Gasteiger partial charge in [-0.15, -0.1) is 16.8 Å². The summed E-state index contributed by atoms with van der Waals surface area (Å²) in [5.74, 6) is 1.89. The second kappa shape index (κ2) is 8.89. The zero-order valence-corrected chi connectivity index (χ0v) is 15.8. The molecule has 0 spiro atoms. The van der Waals surface area contributed by atoms with E-state index in [2.05, 4.69) is 22.1 Å². The van der Waals surface area contributed by atoms with E-state index in [1.807, 2.05) is 28.8 Å². The van der Waals surface area contributed by atoms with E-state index >= 15 is 0 Å². The minimum Gasteiger partial charge on any atom is -0.497 e. The summed E-state index contributed by atoms with van der Waals surface area (Å²) < 4.78 is 7.26. The number of aromatic nitrogens is 3. The molecule has 0 unspecified atom stereocenters. The molecule has 138 valence electrons. The van der Waals surface area contributed by atoms with Crippen molar-refractivity contribution in [2.45, 2.75) is 43.4 Å². The van der Waals surface area contributed by atoms with Gasteiger partial charge in [0.2, 0.25) is 5.91 Å². The fourth-order valence-corrected chi connectivity index (χ4v) is 3.89. The van der Waals surface area contributed by atoms with Crippen LogP contribution in [0.3, 0.4) is 0 Å². The number of thioether (sulfide) groups is 1. The fraction of sp³-hybridized carbons (Fsp3) is 0.421. The van der Waals surface area contributed by atoms with Crippen molar-refractivity contribution in [3.63, 3.8) is 0 Å². The molecule has 26 heavy (non-hydrogen) atoms. The van der Waals surface area contributed by atoms with Gasteiger partial charge in [-0.2, -0.15) is 0 Å². The average molecular weight is 372 g/mol. The molecule has 2 aromatic rings. The van der Waals surface area contributed by atoms with Crippen molar-refractivity contribution in [3.8, 4) is 17.1 Å². The van der Waals surface area contributed by atoms with Crippen molar-refractivity contribution in [2.75, 3.05) is 12.9 Å². The number of nitrogens with one attached hydrogen (secondary N) is 1. The quantitative estimate of drug-likeness (QED) is 0.569. The maximum absolute atomic E-state index is 12.2. The third kappa shape index (κ3) is 4.46. The number of benzene rings is 1. The van der Waals surface area contributed by atoms with Gasteiger partial charge >= 0.3 is 0 Å². The maximum atomic E-state index is 12.2. The molecule has 0 radical (unpaired) electrons. The highest BCUT2D eigenvalue weighted by Crippen LogP contribution is 2.26. The number of carbonyl (C=O) groups excluding carboxylic acids is 1. The Balaban J connectivity index is 1.72. The van der Waals surface area contributed by atoms with Crippen molar-refractivity contribution in [2.24, 2.45) is 0 Å². The van der Waals surface area contributed by atoms with E-state index in [9.17, 15) is 4.79 Å². The van der Waals surface area contributed by atoms with Crippen molar-refractivity contribution in [3.05, 3.63) is 36.9 Å². The number of hydrogen-bond acceptors (Lipinski definition) is 5. The van der Waals surface area contributed by atoms with Crippen LogP contribution in [0.4, 0.5) is 0 Å². The molecule has 1 heterocycles. The molecule has 1 aliphatic rings. The average Bonchev–Trinajstić information content (AvgIpc) is 3.30. The molecule has 3 rings (SSSR count). The Hall–Kier alpha value is -2.28. The van der Waals surface area contributed by atoms with Crippen LogP contribution in [0.15, 0.2) is 42.1 Å². The molecule has 1 aromatic carbocycles. The third-order valence-corrected chi connectivity index (χ3v) is 5.38. The van der Waals surface area contributed by atoms with Crippen LogP contribution in [0.1, 0.15) is 25.7 Å². The molecule has 1 aromatic heterocycles. The van der Waals surface area contributed by atoms with Gasteiger partial charge in [0.05, 0.1) is 12.9 Å². The van der Waals surface area contributed by atoms with Crippen LogP contribution in [-0.4, -0.2) is 39.6 Å². The number of rotatable bonds is 8. The van der Waals surface area contributed by atoms with Gasteiger partial charge in [-0.3, -0.25) is 9.36 Å². The van der Waals surface area contributed by atoms with Gasteiger partial charge in [-0.25, -0.2) is 0 Å². The van der Waals surface area contributed by atoms with Crippen molar-refractivity contribution in [1.29, 1.82) is 0 Å². The second-order valence-corrected chi connectivity index (χ2v) is 7.22. The highest BCUT2D eigenvalue weighted by Gasteiger charge is 2.19. The summed E-state index contributed by atoms with van der Waals surface area (Å²) >= 11 is 1.40. The predicted molar refractivity (Wildman–Crippen MR) is 103 cm³/mol. The smallest absolute Gasteiger partial charge is 0.230 e. The van der Waals surface area contributed by atoms with E-state index in [1.54, 1.807) is 13.2 Å². The summed E-state index contributed by atoms with van der Waals surface area (Å²) in [5.41, 5.74) is 0.918. The van der Waals surface area contributed by atoms with E-state index in [4.69, 9.17) is 4.74 Å². The van der Waals surface area contributed by atoms with Gasteiger partial charge in [-0.05, 0) is 25.0 Å². The minimum atomic E-state index is 0.0537. The van der Waals surface area contributed by atoms with E-state index in [-0.39, 0.29) is 5.91 Å². The Bertz CT molecular complexity index is 769. The number of allylic oxidation sites excluding steroid dienone is 1. The summed E-state index contributed by atoms with van der Waals surface area (Å²) in [4.78, 5) is 12.2. The fourth-order valence-electron chi connectivity index (χ4n) is 3.13. The van der Waals surface area contributed by atoms with E-state index < -0.39 is 0 Å². The van der Waals surface area contributed by atoms with Crippen LogP contribution in [0.2, 0.25) is 0 Å². The highest BCUT2D eigenvalue weighted by atomic mass is 32.2. The van der Waals surface area contributed by atoms with Gasteiger partial charge in [-0.1, -0.05) is 42.8 Å². The molecule has 0 saturated heterocycles. The van der Waals surface area contributed by atoms with Gasteiger partial charge in [0.25, 0.3) is 0 Å². The molecule has 6 nitrogen and oxygen atoms in total. The molecular weight excluding hydrogens is 348 g/mol.